The zero-order valence-electron chi connectivity index (χ0n) is 12.1. The molecule has 0 aromatic heterocycles. The Hall–Kier alpha value is -2.27. The maximum atomic E-state index is 8.80. The summed E-state index contributed by atoms with van der Waals surface area (Å²) in [5, 5.41) is 12.3. The number of hydrogen-bond acceptors (Lipinski definition) is 2. The molecule has 102 valence electrons. The Morgan fingerprint density at radius 2 is 1.65 bits per heavy atom. The van der Waals surface area contributed by atoms with Gasteiger partial charge in [-0.25, -0.2) is 0 Å². The van der Waals surface area contributed by atoms with E-state index < -0.39 is 0 Å². The number of nitriles is 1. The highest BCUT2D eigenvalue weighted by Crippen LogP contribution is 2.20. The monoisotopic (exact) mass is 264 g/mol. The van der Waals surface area contributed by atoms with Crippen molar-refractivity contribution in [3.8, 4) is 6.07 Å². The molecule has 0 heterocycles. The number of nitrogens with zero attached hydrogens (tertiary/aromatic N) is 1. The maximum absolute atomic E-state index is 8.80. The molecule has 0 aliphatic heterocycles. The molecule has 1 N–H and O–H groups in total. The highest BCUT2D eigenvalue weighted by atomic mass is 15.0. The molecular formula is C18H20N2. The van der Waals surface area contributed by atoms with E-state index in [2.05, 4.69) is 49.5 Å². The second kappa shape index (κ2) is 6.25. The molecule has 0 atom stereocenters. The van der Waals surface area contributed by atoms with Crippen molar-refractivity contribution in [1.29, 1.82) is 5.26 Å². The van der Waals surface area contributed by atoms with Gasteiger partial charge < -0.3 is 5.32 Å². The average molecular weight is 264 g/mol. The van der Waals surface area contributed by atoms with Gasteiger partial charge in [-0.1, -0.05) is 30.3 Å². The van der Waals surface area contributed by atoms with E-state index in [1.807, 2.05) is 30.3 Å². The Morgan fingerprint density at radius 1 is 1.00 bits per heavy atom. The van der Waals surface area contributed by atoms with Gasteiger partial charge in [0.1, 0.15) is 0 Å². The molecular weight excluding hydrogens is 244 g/mol. The van der Waals surface area contributed by atoms with Gasteiger partial charge in [0.05, 0.1) is 11.6 Å². The van der Waals surface area contributed by atoms with Crippen LogP contribution < -0.4 is 5.32 Å². The summed E-state index contributed by atoms with van der Waals surface area (Å²) in [5.41, 5.74) is 3.13. The zero-order chi connectivity index (χ0) is 14.4. The zero-order valence-corrected chi connectivity index (χ0v) is 12.1. The molecule has 2 aromatic carbocycles. The van der Waals surface area contributed by atoms with Crippen molar-refractivity contribution in [2.75, 3.05) is 5.32 Å². The molecule has 20 heavy (non-hydrogen) atoms. The third-order valence-electron chi connectivity index (χ3n) is 3.38. The van der Waals surface area contributed by atoms with Gasteiger partial charge in [-0.2, -0.15) is 5.26 Å². The van der Waals surface area contributed by atoms with Gasteiger partial charge in [-0.3, -0.25) is 0 Å². The fourth-order valence-electron chi connectivity index (χ4n) is 2.18. The highest BCUT2D eigenvalue weighted by molar-refractivity contribution is 5.48. The molecule has 2 nitrogen and oxygen atoms in total. The summed E-state index contributed by atoms with van der Waals surface area (Å²) in [6.45, 7) is 4.41. The predicted octanol–water partition coefficient (Wildman–Crippen LogP) is 4.38. The van der Waals surface area contributed by atoms with Crippen LogP contribution in [0.3, 0.4) is 0 Å². The lowest BCUT2D eigenvalue weighted by molar-refractivity contribution is 0.518. The molecule has 0 aliphatic carbocycles. The molecule has 0 saturated carbocycles. The first kappa shape index (κ1) is 14.1. The summed E-state index contributed by atoms with van der Waals surface area (Å²) in [7, 11) is 0. The number of hydrogen-bond donors (Lipinski definition) is 1. The SMILES string of the molecule is CC(C)(CCc1ccccc1)Nc1ccc(C#N)cc1. The average Bonchev–Trinajstić information content (AvgIpc) is 2.47. The summed E-state index contributed by atoms with van der Waals surface area (Å²) >= 11 is 0. The van der Waals surface area contributed by atoms with Crippen molar-refractivity contribution in [2.24, 2.45) is 0 Å². The summed E-state index contributed by atoms with van der Waals surface area (Å²) in [6, 6.07) is 20.3. The van der Waals surface area contributed by atoms with Crippen molar-refractivity contribution in [3.63, 3.8) is 0 Å². The largest absolute Gasteiger partial charge is 0.380 e. The van der Waals surface area contributed by atoms with Crippen LogP contribution in [0.4, 0.5) is 5.69 Å². The first-order valence-electron chi connectivity index (χ1n) is 6.91. The molecule has 0 aliphatic rings. The summed E-state index contributed by atoms with van der Waals surface area (Å²) in [5.74, 6) is 0. The second-order valence-corrected chi connectivity index (χ2v) is 5.68. The standard InChI is InChI=1S/C18H20N2/c1-18(2,13-12-15-6-4-3-5-7-15)20-17-10-8-16(14-19)9-11-17/h3-11,20H,12-13H2,1-2H3. The van der Waals surface area contributed by atoms with E-state index >= 15 is 0 Å². The Bertz CT molecular complexity index is 577. The predicted molar refractivity (Wildman–Crippen MR) is 83.6 cm³/mol. The van der Waals surface area contributed by atoms with Crippen molar-refractivity contribution < 1.29 is 0 Å². The van der Waals surface area contributed by atoms with Crippen LogP contribution in [0.5, 0.6) is 0 Å². The molecule has 0 fully saturated rings. The maximum Gasteiger partial charge on any atom is 0.0991 e. The molecule has 0 radical (unpaired) electrons. The van der Waals surface area contributed by atoms with Crippen LogP contribution in [0.15, 0.2) is 54.6 Å². The van der Waals surface area contributed by atoms with E-state index in [0.29, 0.717) is 5.56 Å². The first-order chi connectivity index (χ1) is 9.59. The van der Waals surface area contributed by atoms with Gasteiger partial charge in [0, 0.05) is 11.2 Å². The van der Waals surface area contributed by atoms with Gasteiger partial charge in [-0.15, -0.1) is 0 Å². The smallest absolute Gasteiger partial charge is 0.0991 e. The normalized spacial score (nSPS) is 10.8. The van der Waals surface area contributed by atoms with Gasteiger partial charge in [0.15, 0.2) is 0 Å². The minimum atomic E-state index is 0.0179. The number of benzene rings is 2. The fourth-order valence-corrected chi connectivity index (χ4v) is 2.18. The fraction of sp³-hybridized carbons (Fsp3) is 0.278. The van der Waals surface area contributed by atoms with Gasteiger partial charge in [0.2, 0.25) is 0 Å². The Labute approximate surface area is 121 Å². The minimum Gasteiger partial charge on any atom is -0.380 e. The van der Waals surface area contributed by atoms with E-state index in [9.17, 15) is 0 Å². The Kier molecular flexibility index (Phi) is 4.42. The number of aryl methyl sites for hydroxylation is 1. The lowest BCUT2D eigenvalue weighted by Gasteiger charge is -2.27. The first-order valence-corrected chi connectivity index (χ1v) is 6.91. The van der Waals surface area contributed by atoms with Crippen LogP contribution in [0.25, 0.3) is 0 Å². The number of rotatable bonds is 5. The Balaban J connectivity index is 1.94. The lowest BCUT2D eigenvalue weighted by Crippen LogP contribution is -2.31. The molecule has 0 amide bonds. The molecule has 0 saturated heterocycles. The van der Waals surface area contributed by atoms with Crippen LogP contribution in [0.1, 0.15) is 31.4 Å². The van der Waals surface area contributed by atoms with Gasteiger partial charge in [-0.05, 0) is 56.5 Å². The van der Waals surface area contributed by atoms with Crippen molar-refractivity contribution >= 4 is 5.69 Å². The van der Waals surface area contributed by atoms with Crippen LogP contribution >= 0.6 is 0 Å². The summed E-state index contributed by atoms with van der Waals surface area (Å²) in [4.78, 5) is 0. The second-order valence-electron chi connectivity index (χ2n) is 5.68. The van der Waals surface area contributed by atoms with E-state index in [0.717, 1.165) is 18.5 Å². The quantitative estimate of drug-likeness (QED) is 0.869. The molecule has 0 unspecified atom stereocenters. The van der Waals surface area contributed by atoms with Crippen LogP contribution in [-0.4, -0.2) is 5.54 Å². The molecule has 2 aromatic rings. The van der Waals surface area contributed by atoms with E-state index in [1.54, 1.807) is 0 Å². The molecule has 0 bridgehead atoms. The number of anilines is 1. The number of nitrogens with one attached hydrogen (secondary N) is 1. The minimum absolute atomic E-state index is 0.0179. The molecule has 0 spiro atoms. The van der Waals surface area contributed by atoms with E-state index in [4.69, 9.17) is 5.26 Å². The van der Waals surface area contributed by atoms with Crippen molar-refractivity contribution in [3.05, 3.63) is 65.7 Å². The molecule has 2 rings (SSSR count). The van der Waals surface area contributed by atoms with Crippen LogP contribution in [0, 0.1) is 11.3 Å². The lowest BCUT2D eigenvalue weighted by atomic mass is 9.95. The molecule has 2 heteroatoms. The third kappa shape index (κ3) is 4.13. The highest BCUT2D eigenvalue weighted by Gasteiger charge is 2.17. The topological polar surface area (TPSA) is 35.8 Å². The summed E-state index contributed by atoms with van der Waals surface area (Å²) in [6.07, 6.45) is 2.11. The van der Waals surface area contributed by atoms with E-state index in [1.165, 1.54) is 5.56 Å². The van der Waals surface area contributed by atoms with E-state index in [-0.39, 0.29) is 5.54 Å². The van der Waals surface area contributed by atoms with Gasteiger partial charge >= 0.3 is 0 Å². The third-order valence-corrected chi connectivity index (χ3v) is 3.38. The van der Waals surface area contributed by atoms with Crippen LogP contribution in [0.2, 0.25) is 0 Å². The van der Waals surface area contributed by atoms with Crippen molar-refractivity contribution in [2.45, 2.75) is 32.2 Å². The van der Waals surface area contributed by atoms with Crippen LogP contribution in [-0.2, 0) is 6.42 Å². The summed E-state index contributed by atoms with van der Waals surface area (Å²) < 4.78 is 0. The Morgan fingerprint density at radius 3 is 2.25 bits per heavy atom. The van der Waals surface area contributed by atoms with Crippen molar-refractivity contribution in [1.82, 2.24) is 0 Å². The van der Waals surface area contributed by atoms with Gasteiger partial charge in [0.25, 0.3) is 0 Å².